The second-order valence-corrected chi connectivity index (χ2v) is 8.31. The molecule has 4 aliphatic rings. The van der Waals surface area contributed by atoms with E-state index in [4.69, 9.17) is 5.11 Å². The van der Waals surface area contributed by atoms with Crippen LogP contribution in [0.1, 0.15) is 39.0 Å². The summed E-state index contributed by atoms with van der Waals surface area (Å²) in [6, 6.07) is 0. The molecule has 2 N–H and O–H groups in total. The number of aliphatic hydroxyl groups is 1. The monoisotopic (exact) mass is 382 g/mol. The highest BCUT2D eigenvalue weighted by Crippen LogP contribution is 2.61. The molecule has 3 nitrogen and oxygen atoms in total. The third-order valence-corrected chi connectivity index (χ3v) is 6.60. The zero-order chi connectivity index (χ0) is 19.4. The fourth-order valence-corrected chi connectivity index (χ4v) is 5.77. The minimum atomic E-state index is -5.47. The van der Waals surface area contributed by atoms with Gasteiger partial charge in [-0.25, -0.2) is 13.6 Å². The Morgan fingerprint density at radius 2 is 1.46 bits per heavy atom. The number of aliphatic carboxylic acids is 1. The van der Waals surface area contributed by atoms with Crippen molar-refractivity contribution in [1.29, 1.82) is 0 Å². The van der Waals surface area contributed by atoms with Gasteiger partial charge in [-0.15, -0.1) is 0 Å². The highest BCUT2D eigenvalue weighted by atomic mass is 19.4. The van der Waals surface area contributed by atoms with E-state index in [1.807, 2.05) is 0 Å². The zero-order valence-corrected chi connectivity index (χ0v) is 14.3. The van der Waals surface area contributed by atoms with Gasteiger partial charge in [0.1, 0.15) is 0 Å². The molecule has 148 valence electrons. The van der Waals surface area contributed by atoms with Crippen molar-refractivity contribution in [1.82, 2.24) is 0 Å². The molecule has 2 unspecified atom stereocenters. The molecule has 26 heavy (non-hydrogen) atoms. The number of carboxylic acid groups (broad SMARTS) is 1. The van der Waals surface area contributed by atoms with E-state index < -0.39 is 41.6 Å². The maximum absolute atomic E-state index is 14.8. The van der Waals surface area contributed by atoms with E-state index in [1.165, 1.54) is 0 Å². The number of hydrogen-bond acceptors (Lipinski definition) is 2. The molecule has 0 aromatic heterocycles. The van der Waals surface area contributed by atoms with Crippen molar-refractivity contribution in [3.8, 4) is 0 Å². The van der Waals surface area contributed by atoms with Crippen molar-refractivity contribution in [3.63, 3.8) is 0 Å². The molecule has 0 amide bonds. The van der Waals surface area contributed by atoms with E-state index in [0.29, 0.717) is 37.5 Å². The van der Waals surface area contributed by atoms with E-state index in [0.717, 1.165) is 19.4 Å². The van der Waals surface area contributed by atoms with E-state index in [-0.39, 0.29) is 11.8 Å². The number of rotatable bonds is 5. The summed E-state index contributed by atoms with van der Waals surface area (Å²) in [4.78, 5) is 11.1. The predicted octanol–water partition coefficient (Wildman–Crippen LogP) is 4.26. The number of allylic oxidation sites excluding steroid dienone is 1. The molecule has 0 spiro atoms. The Morgan fingerprint density at radius 3 is 1.85 bits per heavy atom. The first-order valence-electron chi connectivity index (χ1n) is 8.95. The van der Waals surface area contributed by atoms with Crippen LogP contribution in [0.3, 0.4) is 0 Å². The molecule has 2 atom stereocenters. The quantitative estimate of drug-likeness (QED) is 0.552. The van der Waals surface area contributed by atoms with E-state index in [1.54, 1.807) is 0 Å². The van der Waals surface area contributed by atoms with Crippen molar-refractivity contribution >= 4 is 5.97 Å². The van der Waals surface area contributed by atoms with Crippen LogP contribution in [0.5, 0.6) is 0 Å². The van der Waals surface area contributed by atoms with Gasteiger partial charge in [-0.05, 0) is 68.6 Å². The molecule has 4 bridgehead atoms. The lowest BCUT2D eigenvalue weighted by atomic mass is 9.49. The van der Waals surface area contributed by atoms with Gasteiger partial charge in [-0.1, -0.05) is 6.08 Å². The number of carboxylic acids is 1. The zero-order valence-electron chi connectivity index (χ0n) is 14.3. The maximum Gasteiger partial charge on any atom is 0.420 e. The molecule has 4 aliphatic carbocycles. The van der Waals surface area contributed by atoms with Crippen LogP contribution in [-0.4, -0.2) is 34.4 Å². The molecule has 0 aromatic rings. The third kappa shape index (κ3) is 3.37. The van der Waals surface area contributed by atoms with Crippen LogP contribution in [0.15, 0.2) is 11.6 Å². The van der Waals surface area contributed by atoms with Gasteiger partial charge < -0.3 is 10.2 Å². The van der Waals surface area contributed by atoms with Crippen LogP contribution in [0.2, 0.25) is 0 Å². The Morgan fingerprint density at radius 1 is 1.00 bits per heavy atom. The van der Waals surface area contributed by atoms with Crippen molar-refractivity contribution in [2.45, 2.75) is 57.2 Å². The second kappa shape index (κ2) is 6.46. The molecule has 0 saturated heterocycles. The third-order valence-electron chi connectivity index (χ3n) is 6.60. The van der Waals surface area contributed by atoms with Crippen LogP contribution in [-0.2, 0) is 4.79 Å². The molecule has 0 aliphatic heterocycles. The number of carbonyl (C=O) groups is 1. The highest BCUT2D eigenvalue weighted by Gasteiger charge is 2.63. The van der Waals surface area contributed by atoms with Crippen LogP contribution < -0.4 is 0 Å². The Labute approximate surface area is 148 Å². The lowest BCUT2D eigenvalue weighted by Gasteiger charge is -2.57. The first-order valence-corrected chi connectivity index (χ1v) is 8.95. The molecule has 0 aromatic carbocycles. The fourth-order valence-electron chi connectivity index (χ4n) is 5.77. The molecule has 4 rings (SSSR count). The van der Waals surface area contributed by atoms with Crippen LogP contribution >= 0.6 is 0 Å². The van der Waals surface area contributed by atoms with Crippen molar-refractivity contribution in [2.24, 2.45) is 35.5 Å². The van der Waals surface area contributed by atoms with E-state index >= 15 is 0 Å². The summed E-state index contributed by atoms with van der Waals surface area (Å²) in [6.45, 7) is 1.10. The minimum Gasteiger partial charge on any atom is -0.478 e. The van der Waals surface area contributed by atoms with Gasteiger partial charge in [-0.2, -0.15) is 13.2 Å². The second-order valence-electron chi connectivity index (χ2n) is 8.31. The van der Waals surface area contributed by atoms with Gasteiger partial charge in [0, 0.05) is 11.5 Å². The molecule has 0 radical (unpaired) electrons. The summed E-state index contributed by atoms with van der Waals surface area (Å²) < 4.78 is 68.2. The average Bonchev–Trinajstić information content (AvgIpc) is 2.50. The first-order chi connectivity index (χ1) is 11.9. The van der Waals surface area contributed by atoms with Gasteiger partial charge in [-0.3, -0.25) is 0 Å². The van der Waals surface area contributed by atoms with Crippen LogP contribution in [0, 0.1) is 35.5 Å². The van der Waals surface area contributed by atoms with Crippen molar-refractivity contribution in [2.75, 3.05) is 0 Å². The summed E-state index contributed by atoms with van der Waals surface area (Å²) in [5.74, 6) is -8.01. The molecule has 4 saturated carbocycles. The number of hydrogen-bond donors (Lipinski definition) is 2. The minimum absolute atomic E-state index is 0.139. The Balaban J connectivity index is 1.99. The number of alkyl halides is 5. The molecular weight excluding hydrogens is 359 g/mol. The number of halogens is 5. The Bertz CT molecular complexity index is 570. The van der Waals surface area contributed by atoms with Crippen LogP contribution in [0.25, 0.3) is 0 Å². The summed E-state index contributed by atoms with van der Waals surface area (Å²) in [5.41, 5.74) is -0.419. The van der Waals surface area contributed by atoms with Crippen molar-refractivity contribution in [3.05, 3.63) is 11.6 Å². The largest absolute Gasteiger partial charge is 0.478 e. The normalized spacial score (nSPS) is 36.9. The molecule has 8 heteroatoms. The first kappa shape index (κ1) is 19.6. The number of aliphatic hydroxyl groups excluding tert-OH is 1. The summed E-state index contributed by atoms with van der Waals surface area (Å²) >= 11 is 0. The molecule has 4 fully saturated rings. The van der Waals surface area contributed by atoms with Gasteiger partial charge in [0.05, 0.1) is 0 Å². The summed E-state index contributed by atoms with van der Waals surface area (Å²) in [7, 11) is 0. The van der Waals surface area contributed by atoms with E-state index in [9.17, 15) is 31.9 Å². The van der Waals surface area contributed by atoms with Crippen LogP contribution in [0.4, 0.5) is 22.0 Å². The summed E-state index contributed by atoms with van der Waals surface area (Å²) in [6.07, 6.45) is -4.68. The van der Waals surface area contributed by atoms with E-state index in [2.05, 4.69) is 0 Å². The summed E-state index contributed by atoms with van der Waals surface area (Å²) in [5, 5.41) is 18.4. The average molecular weight is 382 g/mol. The highest BCUT2D eigenvalue weighted by molar-refractivity contribution is 5.85. The lowest BCUT2D eigenvalue weighted by molar-refractivity contribution is -0.288. The smallest absolute Gasteiger partial charge is 0.420 e. The van der Waals surface area contributed by atoms with Gasteiger partial charge in [0.15, 0.2) is 0 Å². The SMILES string of the molecule is CC(=CC(C1C2CC3CC(C2)CC1C3)C(F)(F)C(O)C(F)(F)F)C(=O)O. The lowest BCUT2D eigenvalue weighted by Crippen LogP contribution is -2.56. The maximum atomic E-state index is 14.8. The topological polar surface area (TPSA) is 57.5 Å². The Hall–Kier alpha value is -1.18. The van der Waals surface area contributed by atoms with Crippen molar-refractivity contribution < 1.29 is 37.0 Å². The van der Waals surface area contributed by atoms with Gasteiger partial charge in [0.25, 0.3) is 5.92 Å². The Kier molecular flexibility index (Phi) is 4.86. The molecule has 0 heterocycles. The van der Waals surface area contributed by atoms with Gasteiger partial charge in [0.2, 0.25) is 6.10 Å². The fraction of sp³-hybridized carbons (Fsp3) is 0.833. The van der Waals surface area contributed by atoms with Gasteiger partial charge >= 0.3 is 12.1 Å². The molecular formula is C18H23F5O3. The predicted molar refractivity (Wildman–Crippen MR) is 82.4 cm³/mol. The standard InChI is InChI=1S/C18H23F5O3/c1-8(15(24)25)2-13(17(19,20)16(26)18(21,22)23)14-11-4-9-3-10(6-11)7-12(14)5-9/h2,9-14,16,26H,3-7H2,1H3,(H,24,25).